The van der Waals surface area contributed by atoms with E-state index in [-0.39, 0.29) is 5.12 Å². The molecule has 0 N–H and O–H groups in total. The summed E-state index contributed by atoms with van der Waals surface area (Å²) < 4.78 is 0. The summed E-state index contributed by atoms with van der Waals surface area (Å²) in [5, 5.41) is 0.432. The van der Waals surface area contributed by atoms with Crippen LogP contribution in [0.25, 0.3) is 0 Å². The van der Waals surface area contributed by atoms with Crippen molar-refractivity contribution in [1.82, 2.24) is 4.98 Å². The number of aromatic nitrogens is 1. The molecule has 0 aliphatic carbocycles. The molecule has 1 aromatic heterocycles. The van der Waals surface area contributed by atoms with Gasteiger partial charge in [0.1, 0.15) is 5.15 Å². The van der Waals surface area contributed by atoms with Gasteiger partial charge < -0.3 is 0 Å². The lowest BCUT2D eigenvalue weighted by molar-refractivity contribution is 0.108. The number of pyridine rings is 1. The second kappa shape index (κ2) is 5.14. The van der Waals surface area contributed by atoms with E-state index in [4.69, 9.17) is 11.6 Å². The van der Waals surface area contributed by atoms with Crippen LogP contribution in [0.3, 0.4) is 0 Å². The molecule has 0 aliphatic rings. The normalized spacial score (nSPS) is 10.1. The molecule has 80 valence electrons. The maximum Gasteiger partial charge on any atom is 0.224 e. The number of hydrogen-bond acceptors (Lipinski definition) is 3. The third-order valence-electron chi connectivity index (χ3n) is 1.92. The van der Waals surface area contributed by atoms with Gasteiger partial charge >= 0.3 is 0 Å². The van der Waals surface area contributed by atoms with Crippen LogP contribution in [-0.4, -0.2) is 10.1 Å². The number of benzene rings is 1. The highest BCUT2D eigenvalue weighted by atomic mass is 35.5. The summed E-state index contributed by atoms with van der Waals surface area (Å²) >= 11 is 6.81. The van der Waals surface area contributed by atoms with Crippen molar-refractivity contribution in [2.24, 2.45) is 0 Å². The molecule has 2 nitrogen and oxygen atoms in total. The van der Waals surface area contributed by atoms with Gasteiger partial charge in [-0.25, -0.2) is 4.98 Å². The highest BCUT2D eigenvalue weighted by Crippen LogP contribution is 2.22. The SMILES string of the molecule is O=C(Sc1ccc(Cl)nc1)c1ccccc1. The van der Waals surface area contributed by atoms with E-state index < -0.39 is 0 Å². The molecule has 0 aliphatic heterocycles. The molecule has 0 amide bonds. The molecule has 4 heteroatoms. The minimum atomic E-state index is 0.00437. The van der Waals surface area contributed by atoms with Gasteiger partial charge in [-0.05, 0) is 23.9 Å². The number of carbonyl (C=O) groups excluding carboxylic acids is 1. The lowest BCUT2D eigenvalue weighted by Crippen LogP contribution is -1.92. The van der Waals surface area contributed by atoms with E-state index in [1.807, 2.05) is 18.2 Å². The molecule has 0 atom stereocenters. The molecule has 1 heterocycles. The van der Waals surface area contributed by atoms with Crippen molar-refractivity contribution in [2.45, 2.75) is 4.90 Å². The minimum Gasteiger partial charge on any atom is -0.281 e. The Hall–Kier alpha value is -1.32. The zero-order valence-corrected chi connectivity index (χ0v) is 9.83. The molecule has 1 aromatic carbocycles. The predicted octanol–water partition coefficient (Wildman–Crippen LogP) is 3.67. The predicted molar refractivity (Wildman–Crippen MR) is 65.9 cm³/mol. The van der Waals surface area contributed by atoms with E-state index in [2.05, 4.69) is 4.98 Å². The number of thioether (sulfide) groups is 1. The van der Waals surface area contributed by atoms with Gasteiger partial charge in [-0.15, -0.1) is 0 Å². The quantitative estimate of drug-likeness (QED) is 0.601. The maximum absolute atomic E-state index is 11.8. The number of nitrogens with zero attached hydrogens (tertiary/aromatic N) is 1. The van der Waals surface area contributed by atoms with E-state index in [9.17, 15) is 4.79 Å². The van der Waals surface area contributed by atoms with E-state index in [0.29, 0.717) is 10.7 Å². The summed E-state index contributed by atoms with van der Waals surface area (Å²) in [7, 11) is 0. The summed E-state index contributed by atoms with van der Waals surface area (Å²) in [5.74, 6) is 0. The van der Waals surface area contributed by atoms with Crippen LogP contribution < -0.4 is 0 Å². The fraction of sp³-hybridized carbons (Fsp3) is 0. The summed E-state index contributed by atoms with van der Waals surface area (Å²) in [6.45, 7) is 0. The van der Waals surface area contributed by atoms with Crippen molar-refractivity contribution in [3.8, 4) is 0 Å². The van der Waals surface area contributed by atoms with Gasteiger partial charge in [-0.3, -0.25) is 4.79 Å². The van der Waals surface area contributed by atoms with Gasteiger partial charge in [0.15, 0.2) is 0 Å². The molecule has 0 fully saturated rings. The number of rotatable bonds is 2. The Kier molecular flexibility index (Phi) is 3.59. The van der Waals surface area contributed by atoms with Crippen LogP contribution in [0.4, 0.5) is 0 Å². The second-order valence-corrected chi connectivity index (χ2v) is 4.51. The Labute approximate surface area is 103 Å². The van der Waals surface area contributed by atoms with Crippen LogP contribution >= 0.6 is 23.4 Å². The Balaban J connectivity index is 2.11. The largest absolute Gasteiger partial charge is 0.281 e. The first-order chi connectivity index (χ1) is 7.75. The van der Waals surface area contributed by atoms with Crippen LogP contribution in [0.5, 0.6) is 0 Å². The topological polar surface area (TPSA) is 30.0 Å². The molecule has 0 saturated heterocycles. The van der Waals surface area contributed by atoms with Gasteiger partial charge in [0.05, 0.1) is 0 Å². The van der Waals surface area contributed by atoms with E-state index in [1.54, 1.807) is 30.5 Å². The number of hydrogen-bond donors (Lipinski definition) is 0. The van der Waals surface area contributed by atoms with Gasteiger partial charge in [0.2, 0.25) is 5.12 Å². The first-order valence-electron chi connectivity index (χ1n) is 4.64. The van der Waals surface area contributed by atoms with E-state index in [0.717, 1.165) is 16.7 Å². The molecule has 0 spiro atoms. The molecule has 0 saturated carbocycles. The maximum atomic E-state index is 11.8. The van der Waals surface area contributed by atoms with E-state index in [1.165, 1.54) is 0 Å². The summed E-state index contributed by atoms with van der Waals surface area (Å²) in [4.78, 5) is 16.5. The Morgan fingerprint density at radius 1 is 1.12 bits per heavy atom. The molecular formula is C12H8ClNOS. The molecule has 0 radical (unpaired) electrons. The molecular weight excluding hydrogens is 242 g/mol. The highest BCUT2D eigenvalue weighted by molar-refractivity contribution is 8.14. The standard InChI is InChI=1S/C12H8ClNOS/c13-11-7-6-10(8-14-11)16-12(15)9-4-2-1-3-5-9/h1-8H. The summed E-state index contributed by atoms with van der Waals surface area (Å²) in [6.07, 6.45) is 1.59. The zero-order chi connectivity index (χ0) is 11.4. The van der Waals surface area contributed by atoms with Gasteiger partial charge in [0.25, 0.3) is 0 Å². The van der Waals surface area contributed by atoms with Crippen molar-refractivity contribution in [1.29, 1.82) is 0 Å². The van der Waals surface area contributed by atoms with Crippen molar-refractivity contribution < 1.29 is 4.79 Å². The van der Waals surface area contributed by atoms with Crippen LogP contribution in [0.1, 0.15) is 10.4 Å². The van der Waals surface area contributed by atoms with Crippen molar-refractivity contribution >= 4 is 28.5 Å². The summed E-state index contributed by atoms with van der Waals surface area (Å²) in [6, 6.07) is 12.6. The average molecular weight is 250 g/mol. The van der Waals surface area contributed by atoms with Crippen molar-refractivity contribution in [3.63, 3.8) is 0 Å². The second-order valence-electron chi connectivity index (χ2n) is 3.07. The Morgan fingerprint density at radius 3 is 2.50 bits per heavy atom. The fourth-order valence-corrected chi connectivity index (χ4v) is 1.98. The van der Waals surface area contributed by atoms with Crippen LogP contribution in [0, 0.1) is 0 Å². The first kappa shape index (κ1) is 11.2. The number of halogens is 1. The van der Waals surface area contributed by atoms with Crippen molar-refractivity contribution in [2.75, 3.05) is 0 Å². The molecule has 0 bridgehead atoms. The average Bonchev–Trinajstić information content (AvgIpc) is 2.33. The number of carbonyl (C=O) groups is 1. The fourth-order valence-electron chi connectivity index (χ4n) is 1.16. The molecule has 0 unspecified atom stereocenters. The third-order valence-corrected chi connectivity index (χ3v) is 3.04. The molecule has 16 heavy (non-hydrogen) atoms. The molecule has 2 rings (SSSR count). The van der Waals surface area contributed by atoms with Gasteiger partial charge in [-0.2, -0.15) is 0 Å². The Morgan fingerprint density at radius 2 is 1.88 bits per heavy atom. The van der Waals surface area contributed by atoms with Gasteiger partial charge in [0, 0.05) is 16.7 Å². The lowest BCUT2D eigenvalue weighted by Gasteiger charge is -2.00. The Bertz CT molecular complexity index is 484. The van der Waals surface area contributed by atoms with Crippen LogP contribution in [0.15, 0.2) is 53.6 Å². The van der Waals surface area contributed by atoms with Crippen LogP contribution in [-0.2, 0) is 0 Å². The van der Waals surface area contributed by atoms with Crippen molar-refractivity contribution in [3.05, 3.63) is 59.4 Å². The lowest BCUT2D eigenvalue weighted by atomic mass is 10.2. The first-order valence-corrected chi connectivity index (χ1v) is 5.84. The monoisotopic (exact) mass is 249 g/mol. The minimum absolute atomic E-state index is 0.00437. The third kappa shape index (κ3) is 2.84. The molecule has 2 aromatic rings. The zero-order valence-electron chi connectivity index (χ0n) is 8.26. The summed E-state index contributed by atoms with van der Waals surface area (Å²) in [5.41, 5.74) is 0.683. The van der Waals surface area contributed by atoms with Crippen LogP contribution in [0.2, 0.25) is 5.15 Å². The highest BCUT2D eigenvalue weighted by Gasteiger charge is 2.07. The van der Waals surface area contributed by atoms with E-state index >= 15 is 0 Å². The smallest absolute Gasteiger partial charge is 0.224 e. The van der Waals surface area contributed by atoms with Gasteiger partial charge in [-0.1, -0.05) is 41.9 Å².